The summed E-state index contributed by atoms with van der Waals surface area (Å²) in [5.41, 5.74) is 2.00. The van der Waals surface area contributed by atoms with E-state index in [0.717, 1.165) is 5.69 Å². The number of nitrogens with one attached hydrogen (secondary N) is 2. The maximum atomic E-state index is 14.2. The van der Waals surface area contributed by atoms with Crippen LogP contribution < -0.4 is 10.6 Å². The zero-order valence-corrected chi connectivity index (χ0v) is 13.9. The van der Waals surface area contributed by atoms with E-state index in [2.05, 4.69) is 20.3 Å². The van der Waals surface area contributed by atoms with E-state index in [9.17, 15) is 4.39 Å². The molecule has 0 saturated carbocycles. The van der Waals surface area contributed by atoms with Crippen molar-refractivity contribution in [1.82, 2.24) is 15.0 Å². The van der Waals surface area contributed by atoms with Gasteiger partial charge in [0, 0.05) is 23.8 Å². The Morgan fingerprint density at radius 3 is 2.48 bits per heavy atom. The second-order valence-corrected chi connectivity index (χ2v) is 5.41. The minimum atomic E-state index is -0.390. The Kier molecular flexibility index (Phi) is 4.76. The topological polar surface area (TPSA) is 91.2 Å². The summed E-state index contributed by atoms with van der Waals surface area (Å²) in [5, 5.41) is 13.0. The molecule has 0 aliphatic carbocycles. The summed E-state index contributed by atoms with van der Waals surface area (Å²) in [6, 6.07) is 9.96. The average molecular weight is 337 g/mol. The van der Waals surface area contributed by atoms with Gasteiger partial charge in [0.1, 0.15) is 17.2 Å². The van der Waals surface area contributed by atoms with Gasteiger partial charge in [-0.2, -0.15) is 4.98 Å². The zero-order valence-electron chi connectivity index (χ0n) is 13.9. The molecule has 0 bridgehead atoms. The van der Waals surface area contributed by atoms with E-state index in [-0.39, 0.29) is 5.82 Å². The standard InChI is InChI=1S/C18H17FN6/c1-11(20)15-17(21-2)24-16(13-5-3-4-6-14(13)19)25-18(15)23-12-7-9-22-10-8-12/h3-10,20H,1-2H3,(H2,21,22,23,24,25)/p+1. The Bertz CT molecular complexity index is 911. The first-order valence-electron chi connectivity index (χ1n) is 7.79. The molecule has 3 aromatic rings. The number of nitrogens with two attached hydrogens (primary N) is 1. The molecule has 0 spiro atoms. The van der Waals surface area contributed by atoms with Crippen LogP contribution in [0.5, 0.6) is 0 Å². The van der Waals surface area contributed by atoms with Gasteiger partial charge in [-0.1, -0.05) is 12.1 Å². The Balaban J connectivity index is 2.18. The molecule has 0 fully saturated rings. The highest BCUT2D eigenvalue weighted by atomic mass is 19.1. The summed E-state index contributed by atoms with van der Waals surface area (Å²) >= 11 is 0. The highest BCUT2D eigenvalue weighted by Crippen LogP contribution is 2.27. The summed E-state index contributed by atoms with van der Waals surface area (Å²) in [6.45, 7) is 1.67. The largest absolute Gasteiger partial charge is 0.339 e. The minimum Gasteiger partial charge on any atom is -0.339 e. The van der Waals surface area contributed by atoms with Gasteiger partial charge >= 0.3 is 0 Å². The Morgan fingerprint density at radius 1 is 1.12 bits per heavy atom. The van der Waals surface area contributed by atoms with Gasteiger partial charge in [-0.3, -0.25) is 10.3 Å². The first-order valence-corrected chi connectivity index (χ1v) is 7.79. The van der Waals surface area contributed by atoms with Crippen LogP contribution in [-0.2, 0) is 0 Å². The number of rotatable bonds is 5. The summed E-state index contributed by atoms with van der Waals surface area (Å²) in [7, 11) is 1.83. The van der Waals surface area contributed by atoms with Crippen molar-refractivity contribution in [2.45, 2.75) is 6.92 Å². The molecule has 1 aromatic carbocycles. The van der Waals surface area contributed by atoms with Crippen molar-refractivity contribution < 1.29 is 9.71 Å². The van der Waals surface area contributed by atoms with E-state index in [4.69, 9.17) is 5.41 Å². The molecular weight excluding hydrogens is 319 g/mol. The maximum absolute atomic E-state index is 14.2. The molecule has 4 N–H and O–H groups in total. The summed E-state index contributed by atoms with van der Waals surface area (Å²) < 4.78 is 14.2. The molecule has 3 rings (SSSR count). The number of anilines is 2. The summed E-state index contributed by atoms with van der Waals surface area (Å²) in [6.07, 6.45) is 3.32. The van der Waals surface area contributed by atoms with Crippen molar-refractivity contribution >= 4 is 23.0 Å². The van der Waals surface area contributed by atoms with E-state index >= 15 is 0 Å². The molecule has 7 heteroatoms. The average Bonchev–Trinajstić information content (AvgIpc) is 2.62. The molecule has 25 heavy (non-hydrogen) atoms. The molecule has 0 aliphatic rings. The SMILES string of the molecule is C[NH2+]c1nc(-c2ccccc2F)nc(Nc2ccncc2)c1C(C)=N. The molecule has 2 aromatic heterocycles. The lowest BCUT2D eigenvalue weighted by molar-refractivity contribution is -0.543. The molecule has 0 saturated heterocycles. The van der Waals surface area contributed by atoms with Crippen molar-refractivity contribution in [3.8, 4) is 11.4 Å². The number of pyridine rings is 1. The molecule has 0 amide bonds. The Morgan fingerprint density at radius 2 is 1.84 bits per heavy atom. The predicted octanol–water partition coefficient (Wildman–Crippen LogP) is 2.63. The fraction of sp³-hybridized carbons (Fsp3) is 0.111. The molecule has 6 nitrogen and oxygen atoms in total. The lowest BCUT2D eigenvalue weighted by atomic mass is 10.1. The summed E-state index contributed by atoms with van der Waals surface area (Å²) in [4.78, 5) is 12.9. The van der Waals surface area contributed by atoms with Crippen molar-refractivity contribution in [2.75, 3.05) is 12.4 Å². The molecule has 0 radical (unpaired) electrons. The van der Waals surface area contributed by atoms with Gasteiger partial charge in [0.2, 0.25) is 5.82 Å². The third-order valence-electron chi connectivity index (χ3n) is 3.64. The number of quaternary nitrogens is 1. The Labute approximate surface area is 144 Å². The van der Waals surface area contributed by atoms with Gasteiger partial charge in [0.15, 0.2) is 5.82 Å². The monoisotopic (exact) mass is 337 g/mol. The molecule has 126 valence electrons. The van der Waals surface area contributed by atoms with Crippen LogP contribution in [0, 0.1) is 11.2 Å². The molecule has 0 aliphatic heterocycles. The first-order chi connectivity index (χ1) is 12.1. The van der Waals surface area contributed by atoms with Crippen LogP contribution in [0.15, 0.2) is 48.8 Å². The molecule has 0 unspecified atom stereocenters. The first kappa shape index (κ1) is 16.7. The molecule has 2 heterocycles. The van der Waals surface area contributed by atoms with Crippen molar-refractivity contribution in [3.63, 3.8) is 0 Å². The van der Waals surface area contributed by atoms with E-state index in [1.165, 1.54) is 6.07 Å². The van der Waals surface area contributed by atoms with Gasteiger partial charge in [-0.15, -0.1) is 0 Å². The van der Waals surface area contributed by atoms with Crippen molar-refractivity contribution in [1.29, 1.82) is 5.41 Å². The smallest absolute Gasteiger partial charge is 0.239 e. The molecular formula is C18H18FN6+. The van der Waals surface area contributed by atoms with Crippen LogP contribution >= 0.6 is 0 Å². The van der Waals surface area contributed by atoms with E-state index in [1.807, 2.05) is 7.05 Å². The van der Waals surface area contributed by atoms with Crippen molar-refractivity contribution in [3.05, 3.63) is 60.2 Å². The van der Waals surface area contributed by atoms with E-state index in [1.54, 1.807) is 55.0 Å². The van der Waals surface area contributed by atoms with Crippen LogP contribution in [-0.4, -0.2) is 27.7 Å². The second-order valence-electron chi connectivity index (χ2n) is 5.41. The highest BCUT2D eigenvalue weighted by molar-refractivity contribution is 6.04. The normalized spacial score (nSPS) is 10.5. The number of aromatic nitrogens is 3. The van der Waals surface area contributed by atoms with Crippen LogP contribution in [0.2, 0.25) is 0 Å². The van der Waals surface area contributed by atoms with Crippen molar-refractivity contribution in [2.24, 2.45) is 0 Å². The number of hydrogen-bond donors (Lipinski definition) is 3. The van der Waals surface area contributed by atoms with Gasteiger partial charge in [0.05, 0.1) is 12.6 Å². The van der Waals surface area contributed by atoms with Gasteiger partial charge in [-0.05, 0) is 31.2 Å². The Hall–Kier alpha value is -3.19. The zero-order chi connectivity index (χ0) is 17.8. The lowest BCUT2D eigenvalue weighted by Crippen LogP contribution is -2.74. The number of nitrogens with zero attached hydrogens (tertiary/aromatic N) is 3. The third-order valence-corrected chi connectivity index (χ3v) is 3.64. The van der Waals surface area contributed by atoms with Crippen LogP contribution in [0.1, 0.15) is 12.5 Å². The lowest BCUT2D eigenvalue weighted by Gasteiger charge is -2.13. The molecule has 0 atom stereocenters. The summed E-state index contributed by atoms with van der Waals surface area (Å²) in [5.74, 6) is 0.920. The van der Waals surface area contributed by atoms with Gasteiger partial charge < -0.3 is 10.7 Å². The fourth-order valence-corrected chi connectivity index (χ4v) is 2.48. The van der Waals surface area contributed by atoms with Crippen LogP contribution in [0.25, 0.3) is 11.4 Å². The van der Waals surface area contributed by atoms with Gasteiger partial charge in [-0.25, -0.2) is 9.37 Å². The van der Waals surface area contributed by atoms with Crippen LogP contribution in [0.3, 0.4) is 0 Å². The van der Waals surface area contributed by atoms with E-state index < -0.39 is 5.82 Å². The quantitative estimate of drug-likeness (QED) is 0.624. The minimum absolute atomic E-state index is 0.271. The van der Waals surface area contributed by atoms with Crippen LogP contribution in [0.4, 0.5) is 21.7 Å². The fourth-order valence-electron chi connectivity index (χ4n) is 2.48. The highest BCUT2D eigenvalue weighted by Gasteiger charge is 2.20. The van der Waals surface area contributed by atoms with Gasteiger partial charge in [0.25, 0.3) is 0 Å². The number of halogens is 1. The number of hydrogen-bond acceptors (Lipinski definition) is 5. The van der Waals surface area contributed by atoms with E-state index in [0.29, 0.717) is 28.5 Å². The second kappa shape index (κ2) is 7.14. The third kappa shape index (κ3) is 3.51. The predicted molar refractivity (Wildman–Crippen MR) is 95.0 cm³/mol. The maximum Gasteiger partial charge on any atom is 0.239 e. The number of benzene rings is 1.